The van der Waals surface area contributed by atoms with Crippen molar-refractivity contribution in [2.45, 2.75) is 20.0 Å². The van der Waals surface area contributed by atoms with Crippen molar-refractivity contribution in [1.82, 2.24) is 14.1 Å². The molecule has 6 nitrogen and oxygen atoms in total. The van der Waals surface area contributed by atoms with Crippen molar-refractivity contribution in [2.75, 3.05) is 0 Å². The molecule has 0 saturated carbocycles. The van der Waals surface area contributed by atoms with Gasteiger partial charge < -0.3 is 14.2 Å². The summed E-state index contributed by atoms with van der Waals surface area (Å²) in [6.07, 6.45) is 3.16. The molecular formula is C18H14Cl3N3O3. The molecule has 2 heterocycles. The average Bonchev–Trinajstić information content (AvgIpc) is 3.01. The van der Waals surface area contributed by atoms with Crippen LogP contribution in [0, 0.1) is 0 Å². The number of rotatable bonds is 5. The number of aromatic carboxylic acids is 1. The minimum atomic E-state index is -1.31. The molecule has 0 saturated heterocycles. The molecule has 0 fully saturated rings. The molecule has 0 atom stereocenters. The normalized spacial score (nSPS) is 11.0. The maximum absolute atomic E-state index is 12.6. The van der Waals surface area contributed by atoms with Gasteiger partial charge in [0.05, 0.1) is 28.6 Å². The average molecular weight is 427 g/mol. The van der Waals surface area contributed by atoms with Crippen LogP contribution >= 0.6 is 34.8 Å². The topological polar surface area (TPSA) is 77.1 Å². The lowest BCUT2D eigenvalue weighted by Gasteiger charge is -2.20. The molecule has 27 heavy (non-hydrogen) atoms. The van der Waals surface area contributed by atoms with E-state index >= 15 is 0 Å². The molecule has 140 valence electrons. The summed E-state index contributed by atoms with van der Waals surface area (Å²) in [4.78, 5) is 28.3. The maximum Gasteiger partial charge on any atom is 0.341 e. The maximum atomic E-state index is 12.6. The molecular weight excluding hydrogens is 413 g/mol. The predicted octanol–water partition coefficient (Wildman–Crippen LogP) is 4.44. The quantitative estimate of drug-likeness (QED) is 0.654. The highest BCUT2D eigenvalue weighted by atomic mass is 35.5. The van der Waals surface area contributed by atoms with Crippen molar-refractivity contribution >= 4 is 40.8 Å². The van der Waals surface area contributed by atoms with Gasteiger partial charge in [-0.1, -0.05) is 40.9 Å². The first kappa shape index (κ1) is 19.5. The van der Waals surface area contributed by atoms with Crippen molar-refractivity contribution in [1.29, 1.82) is 0 Å². The second kappa shape index (κ2) is 7.76. The highest BCUT2D eigenvalue weighted by molar-refractivity contribution is 6.42. The molecule has 0 aliphatic rings. The van der Waals surface area contributed by atoms with Crippen LogP contribution in [0.5, 0.6) is 0 Å². The molecule has 0 radical (unpaired) electrons. The van der Waals surface area contributed by atoms with Crippen LogP contribution in [0.15, 0.2) is 41.6 Å². The standard InChI is InChI=1S/C18H14Cl3N3O3/c1-2-24-11(7-23-8-15(21)22-9-23)6-14(25)16(18(26)27)17(24)10-3-4-12(19)13(20)5-10/h3-6,8-9H,2,7H2,1H3,(H,26,27). The van der Waals surface area contributed by atoms with Crippen molar-refractivity contribution in [3.63, 3.8) is 0 Å². The third-order valence-electron chi connectivity index (χ3n) is 4.07. The number of pyridine rings is 1. The van der Waals surface area contributed by atoms with Gasteiger partial charge in [-0.3, -0.25) is 4.79 Å². The van der Waals surface area contributed by atoms with E-state index in [4.69, 9.17) is 34.8 Å². The highest BCUT2D eigenvalue weighted by Crippen LogP contribution is 2.30. The lowest BCUT2D eigenvalue weighted by Crippen LogP contribution is -2.24. The lowest BCUT2D eigenvalue weighted by atomic mass is 10.0. The summed E-state index contributed by atoms with van der Waals surface area (Å²) in [6, 6.07) is 6.08. The Labute approximate surface area is 169 Å². The van der Waals surface area contributed by atoms with Crippen LogP contribution in [-0.4, -0.2) is 25.2 Å². The molecule has 0 aliphatic heterocycles. The van der Waals surface area contributed by atoms with E-state index in [9.17, 15) is 14.7 Å². The molecule has 1 N–H and O–H groups in total. The van der Waals surface area contributed by atoms with Gasteiger partial charge >= 0.3 is 5.97 Å². The molecule has 2 aromatic heterocycles. The van der Waals surface area contributed by atoms with Crippen LogP contribution in [0.3, 0.4) is 0 Å². The molecule has 3 aromatic rings. The second-order valence-corrected chi connectivity index (χ2v) is 6.97. The number of halogens is 3. The van der Waals surface area contributed by atoms with E-state index in [-0.39, 0.29) is 16.3 Å². The fourth-order valence-electron chi connectivity index (χ4n) is 2.95. The zero-order valence-corrected chi connectivity index (χ0v) is 16.4. The Kier molecular flexibility index (Phi) is 5.60. The van der Waals surface area contributed by atoms with Crippen LogP contribution in [0.1, 0.15) is 23.0 Å². The van der Waals surface area contributed by atoms with Crippen LogP contribution in [-0.2, 0) is 13.1 Å². The number of carbonyl (C=O) groups is 1. The molecule has 0 spiro atoms. The second-order valence-electron chi connectivity index (χ2n) is 5.77. The fourth-order valence-corrected chi connectivity index (χ4v) is 3.41. The molecule has 0 amide bonds. The summed E-state index contributed by atoms with van der Waals surface area (Å²) in [6.45, 7) is 2.60. The van der Waals surface area contributed by atoms with Gasteiger partial charge in [-0.2, -0.15) is 0 Å². The molecule has 0 bridgehead atoms. The number of hydrogen-bond donors (Lipinski definition) is 1. The number of aromatic nitrogens is 3. The number of carboxylic acid groups (broad SMARTS) is 1. The first-order valence-corrected chi connectivity index (χ1v) is 9.08. The van der Waals surface area contributed by atoms with Gasteiger partial charge in [0.2, 0.25) is 0 Å². The van der Waals surface area contributed by atoms with Gasteiger partial charge in [-0.25, -0.2) is 9.78 Å². The fraction of sp³-hybridized carbons (Fsp3) is 0.167. The van der Waals surface area contributed by atoms with E-state index in [1.165, 1.54) is 12.4 Å². The van der Waals surface area contributed by atoms with Gasteiger partial charge in [-0.05, 0) is 19.1 Å². The number of carboxylic acids is 1. The SMILES string of the molecule is CCn1c(Cn2cnc(Cl)c2)cc(=O)c(C(=O)O)c1-c1ccc(Cl)c(Cl)c1. The summed E-state index contributed by atoms with van der Waals surface area (Å²) < 4.78 is 3.47. The summed E-state index contributed by atoms with van der Waals surface area (Å²) in [5.74, 6) is -1.31. The Balaban J connectivity index is 2.29. The third kappa shape index (κ3) is 3.88. The summed E-state index contributed by atoms with van der Waals surface area (Å²) in [7, 11) is 0. The summed E-state index contributed by atoms with van der Waals surface area (Å²) >= 11 is 17.9. The Bertz CT molecular complexity index is 1090. The molecule has 0 unspecified atom stereocenters. The molecule has 1 aromatic carbocycles. The highest BCUT2D eigenvalue weighted by Gasteiger charge is 2.22. The van der Waals surface area contributed by atoms with Crippen LogP contribution in [0.25, 0.3) is 11.3 Å². The Morgan fingerprint density at radius 3 is 2.48 bits per heavy atom. The Morgan fingerprint density at radius 2 is 1.93 bits per heavy atom. The van der Waals surface area contributed by atoms with E-state index in [0.29, 0.717) is 34.5 Å². The minimum absolute atomic E-state index is 0.271. The smallest absolute Gasteiger partial charge is 0.341 e. The minimum Gasteiger partial charge on any atom is -0.477 e. The van der Waals surface area contributed by atoms with Crippen molar-refractivity contribution in [3.8, 4) is 11.3 Å². The number of nitrogens with zero attached hydrogens (tertiary/aromatic N) is 3. The van der Waals surface area contributed by atoms with Crippen LogP contribution in [0.2, 0.25) is 15.2 Å². The van der Waals surface area contributed by atoms with Crippen molar-refractivity contribution < 1.29 is 9.90 Å². The van der Waals surface area contributed by atoms with E-state index in [1.807, 2.05) is 6.92 Å². The van der Waals surface area contributed by atoms with Crippen LogP contribution < -0.4 is 5.43 Å². The first-order valence-electron chi connectivity index (χ1n) is 7.94. The largest absolute Gasteiger partial charge is 0.477 e. The lowest BCUT2D eigenvalue weighted by molar-refractivity contribution is 0.0695. The first-order chi connectivity index (χ1) is 12.8. The summed E-state index contributed by atoms with van der Waals surface area (Å²) in [5, 5.41) is 10.6. The molecule has 9 heteroatoms. The third-order valence-corrected chi connectivity index (χ3v) is 5.00. The van der Waals surface area contributed by atoms with Crippen molar-refractivity contribution in [3.05, 3.63) is 73.5 Å². The van der Waals surface area contributed by atoms with E-state index in [1.54, 1.807) is 33.5 Å². The zero-order valence-electron chi connectivity index (χ0n) is 14.1. The summed E-state index contributed by atoms with van der Waals surface area (Å²) in [5.41, 5.74) is 0.475. The number of imidazole rings is 1. The Morgan fingerprint density at radius 1 is 1.19 bits per heavy atom. The van der Waals surface area contributed by atoms with Crippen LogP contribution in [0.4, 0.5) is 0 Å². The number of benzene rings is 1. The van der Waals surface area contributed by atoms with Gasteiger partial charge in [-0.15, -0.1) is 0 Å². The van der Waals surface area contributed by atoms with Gasteiger partial charge in [0.15, 0.2) is 5.43 Å². The van der Waals surface area contributed by atoms with E-state index in [0.717, 1.165) is 0 Å². The van der Waals surface area contributed by atoms with Gasteiger partial charge in [0, 0.05) is 30.1 Å². The van der Waals surface area contributed by atoms with E-state index in [2.05, 4.69) is 4.98 Å². The monoisotopic (exact) mass is 425 g/mol. The van der Waals surface area contributed by atoms with Crippen molar-refractivity contribution in [2.24, 2.45) is 0 Å². The predicted molar refractivity (Wildman–Crippen MR) is 105 cm³/mol. The molecule has 0 aliphatic carbocycles. The van der Waals surface area contributed by atoms with E-state index < -0.39 is 11.4 Å². The molecule has 3 rings (SSSR count). The van der Waals surface area contributed by atoms with Gasteiger partial charge in [0.1, 0.15) is 10.7 Å². The number of hydrogen-bond acceptors (Lipinski definition) is 3. The van der Waals surface area contributed by atoms with Gasteiger partial charge in [0.25, 0.3) is 0 Å². The Hall–Kier alpha value is -2.28. The zero-order chi connectivity index (χ0) is 19.7.